The molecule has 4 atom stereocenters. The van der Waals surface area contributed by atoms with Gasteiger partial charge in [0.2, 0.25) is 5.78 Å². The first kappa shape index (κ1) is 18.2. The molecule has 138 valence electrons. The van der Waals surface area contributed by atoms with Crippen molar-refractivity contribution in [3.05, 3.63) is 47.8 Å². The fourth-order valence-corrected chi connectivity index (χ4v) is 3.51. The highest BCUT2D eigenvalue weighted by Crippen LogP contribution is 2.44. The molecule has 26 heavy (non-hydrogen) atoms. The van der Waals surface area contributed by atoms with Crippen LogP contribution in [0.3, 0.4) is 0 Å². The van der Waals surface area contributed by atoms with Crippen molar-refractivity contribution >= 4 is 17.7 Å². The third-order valence-electron chi connectivity index (χ3n) is 5.24. The van der Waals surface area contributed by atoms with Crippen molar-refractivity contribution in [2.24, 2.45) is 5.92 Å². The molecule has 2 saturated heterocycles. The van der Waals surface area contributed by atoms with E-state index in [0.29, 0.717) is 16.9 Å². The van der Waals surface area contributed by atoms with Gasteiger partial charge in [-0.05, 0) is 26.3 Å². The third-order valence-corrected chi connectivity index (χ3v) is 5.24. The Balaban J connectivity index is 2.02. The summed E-state index contributed by atoms with van der Waals surface area (Å²) in [5, 5.41) is 0. The van der Waals surface area contributed by atoms with E-state index in [9.17, 15) is 14.4 Å². The van der Waals surface area contributed by atoms with Gasteiger partial charge in [0.05, 0.1) is 5.92 Å². The smallest absolute Gasteiger partial charge is 0.334 e. The van der Waals surface area contributed by atoms with Crippen LogP contribution < -0.4 is 0 Å². The number of ketones is 1. The first-order valence-electron chi connectivity index (χ1n) is 8.53. The summed E-state index contributed by atoms with van der Waals surface area (Å²) in [5.74, 6) is -1.41. The predicted octanol–water partition coefficient (Wildman–Crippen LogP) is 2.55. The largest absolute Gasteiger partial charge is 0.479 e. The monoisotopic (exact) mass is 358 g/mol. The quantitative estimate of drug-likeness (QED) is 0.558. The maximum atomic E-state index is 12.5. The van der Waals surface area contributed by atoms with E-state index in [2.05, 4.69) is 13.2 Å². The molecule has 2 fully saturated rings. The van der Waals surface area contributed by atoms with Gasteiger partial charge >= 0.3 is 11.9 Å². The molecule has 6 nitrogen and oxygen atoms in total. The third kappa shape index (κ3) is 2.89. The van der Waals surface area contributed by atoms with Crippen LogP contribution in [0.15, 0.2) is 47.8 Å². The number of hydrogen-bond acceptors (Lipinski definition) is 6. The van der Waals surface area contributed by atoms with E-state index in [-0.39, 0.29) is 24.2 Å². The zero-order chi connectivity index (χ0) is 19.2. The molecule has 0 amide bonds. The highest BCUT2D eigenvalue weighted by atomic mass is 16.6. The zero-order valence-corrected chi connectivity index (χ0v) is 15.2. The van der Waals surface area contributed by atoms with Gasteiger partial charge in [0, 0.05) is 30.1 Å². The average Bonchev–Trinajstić information content (AvgIpc) is 3.03. The summed E-state index contributed by atoms with van der Waals surface area (Å²) in [6.07, 6.45) is 2.08. The van der Waals surface area contributed by atoms with E-state index in [4.69, 9.17) is 14.2 Å². The summed E-state index contributed by atoms with van der Waals surface area (Å²) in [6, 6.07) is 0. The molecule has 0 spiro atoms. The molecule has 3 aliphatic rings. The van der Waals surface area contributed by atoms with Crippen LogP contribution in [0.4, 0.5) is 0 Å². The first-order valence-corrected chi connectivity index (χ1v) is 8.53. The molecule has 3 aliphatic heterocycles. The SMILES string of the molecule is C=C1CC2OC(=O)C(=C)C2C(OC(=O)/C(C)=C/C)CC2(C)OC1=CC2=O. The van der Waals surface area contributed by atoms with Gasteiger partial charge in [0.25, 0.3) is 0 Å². The minimum absolute atomic E-state index is 0.0959. The van der Waals surface area contributed by atoms with Gasteiger partial charge in [-0.25, -0.2) is 9.59 Å². The Hall–Kier alpha value is -2.63. The van der Waals surface area contributed by atoms with Crippen molar-refractivity contribution < 1.29 is 28.6 Å². The lowest BCUT2D eigenvalue weighted by Crippen LogP contribution is -2.43. The zero-order valence-electron chi connectivity index (χ0n) is 15.2. The van der Waals surface area contributed by atoms with Crippen LogP contribution in [0.2, 0.25) is 0 Å². The number of allylic oxidation sites excluding steroid dienone is 2. The summed E-state index contributed by atoms with van der Waals surface area (Å²) in [6.45, 7) is 12.8. The number of carbonyl (C=O) groups is 3. The summed E-state index contributed by atoms with van der Waals surface area (Å²) < 4.78 is 17.0. The normalized spacial score (nSPS) is 34.2. The van der Waals surface area contributed by atoms with Gasteiger partial charge in [-0.15, -0.1) is 0 Å². The van der Waals surface area contributed by atoms with Crippen molar-refractivity contribution in [3.8, 4) is 0 Å². The first-order chi connectivity index (χ1) is 12.2. The molecule has 0 aromatic rings. The molecule has 0 saturated carbocycles. The van der Waals surface area contributed by atoms with Gasteiger partial charge in [-0.2, -0.15) is 0 Å². The summed E-state index contributed by atoms with van der Waals surface area (Å²) in [5.41, 5.74) is 0.0514. The van der Waals surface area contributed by atoms with E-state index in [0.717, 1.165) is 0 Å². The molecular weight excluding hydrogens is 336 g/mol. The van der Waals surface area contributed by atoms with Crippen LogP contribution in [0.25, 0.3) is 0 Å². The molecule has 6 heteroatoms. The summed E-state index contributed by atoms with van der Waals surface area (Å²) >= 11 is 0. The fourth-order valence-electron chi connectivity index (χ4n) is 3.51. The Bertz CT molecular complexity index is 786. The lowest BCUT2D eigenvalue weighted by molar-refractivity contribution is -0.153. The van der Waals surface area contributed by atoms with E-state index < -0.39 is 35.7 Å². The highest BCUT2D eigenvalue weighted by Gasteiger charge is 2.52. The fraction of sp³-hybridized carbons (Fsp3) is 0.450. The van der Waals surface area contributed by atoms with Gasteiger partial charge in [-0.3, -0.25) is 4.79 Å². The standard InChI is InChI=1S/C20H22O6/c1-6-10(2)18(22)25-15-9-20(5)16(21)8-13(26-20)11(3)7-14-17(15)12(4)19(23)24-14/h6,8,14-15,17H,3-4,7,9H2,1-2,5H3/b10-6+. The number of esters is 2. The number of ether oxygens (including phenoxy) is 3. The number of carbonyl (C=O) groups excluding carboxylic acids is 3. The molecule has 3 rings (SSSR count). The van der Waals surface area contributed by atoms with Crippen LogP contribution in [0.5, 0.6) is 0 Å². The van der Waals surface area contributed by atoms with Crippen LogP contribution >= 0.6 is 0 Å². The Morgan fingerprint density at radius 2 is 2.08 bits per heavy atom. The Morgan fingerprint density at radius 3 is 2.73 bits per heavy atom. The van der Waals surface area contributed by atoms with E-state index in [1.807, 2.05) is 0 Å². The molecular formula is C20H22O6. The van der Waals surface area contributed by atoms with Crippen LogP contribution in [-0.4, -0.2) is 35.5 Å². The van der Waals surface area contributed by atoms with Crippen LogP contribution in [0.1, 0.15) is 33.6 Å². The Morgan fingerprint density at radius 1 is 1.38 bits per heavy atom. The number of fused-ring (bicyclic) bond motifs is 3. The highest BCUT2D eigenvalue weighted by molar-refractivity contribution is 6.00. The minimum Gasteiger partial charge on any atom is -0.479 e. The molecule has 0 aromatic heterocycles. The molecule has 0 N–H and O–H groups in total. The summed E-state index contributed by atoms with van der Waals surface area (Å²) in [7, 11) is 0. The topological polar surface area (TPSA) is 78.9 Å². The Kier molecular flexibility index (Phi) is 4.38. The van der Waals surface area contributed by atoms with Gasteiger partial charge < -0.3 is 14.2 Å². The second kappa shape index (κ2) is 6.27. The number of hydrogen-bond donors (Lipinski definition) is 0. The van der Waals surface area contributed by atoms with Crippen molar-refractivity contribution in [3.63, 3.8) is 0 Å². The maximum Gasteiger partial charge on any atom is 0.334 e. The van der Waals surface area contributed by atoms with Gasteiger partial charge in [0.15, 0.2) is 5.60 Å². The maximum absolute atomic E-state index is 12.5. The lowest BCUT2D eigenvalue weighted by Gasteiger charge is -2.31. The van der Waals surface area contributed by atoms with Crippen LogP contribution in [-0.2, 0) is 28.6 Å². The lowest BCUT2D eigenvalue weighted by atomic mass is 9.81. The minimum atomic E-state index is -1.19. The second-order valence-corrected chi connectivity index (χ2v) is 7.13. The average molecular weight is 358 g/mol. The van der Waals surface area contributed by atoms with Crippen molar-refractivity contribution in [2.45, 2.75) is 51.4 Å². The van der Waals surface area contributed by atoms with E-state index in [1.54, 1.807) is 26.8 Å². The van der Waals surface area contributed by atoms with Crippen molar-refractivity contribution in [2.75, 3.05) is 0 Å². The summed E-state index contributed by atoms with van der Waals surface area (Å²) in [4.78, 5) is 36.9. The molecule has 4 unspecified atom stereocenters. The molecule has 2 bridgehead atoms. The molecule has 3 heterocycles. The van der Waals surface area contributed by atoms with E-state index >= 15 is 0 Å². The van der Waals surface area contributed by atoms with Gasteiger partial charge in [-0.1, -0.05) is 19.2 Å². The van der Waals surface area contributed by atoms with Crippen molar-refractivity contribution in [1.29, 1.82) is 0 Å². The van der Waals surface area contributed by atoms with Crippen LogP contribution in [0, 0.1) is 5.92 Å². The predicted molar refractivity (Wildman–Crippen MR) is 92.8 cm³/mol. The Labute approximate surface area is 152 Å². The van der Waals surface area contributed by atoms with E-state index in [1.165, 1.54) is 6.08 Å². The second-order valence-electron chi connectivity index (χ2n) is 7.13. The molecule has 0 radical (unpaired) electrons. The molecule has 0 aromatic carbocycles. The van der Waals surface area contributed by atoms with Crippen molar-refractivity contribution in [1.82, 2.24) is 0 Å². The van der Waals surface area contributed by atoms with Gasteiger partial charge in [0.1, 0.15) is 18.0 Å². The number of rotatable bonds is 2. The molecule has 0 aliphatic carbocycles.